The van der Waals surface area contributed by atoms with Gasteiger partial charge in [0, 0.05) is 38.2 Å². The number of unbranched alkanes of at least 4 members (excludes halogenated alkanes) is 1. The van der Waals surface area contributed by atoms with Gasteiger partial charge in [0.1, 0.15) is 17.8 Å². The topological polar surface area (TPSA) is 91.0 Å². The van der Waals surface area contributed by atoms with Crippen LogP contribution in [0, 0.1) is 17.7 Å². The third kappa shape index (κ3) is 7.17. The fourth-order valence-electron chi connectivity index (χ4n) is 3.17. The van der Waals surface area contributed by atoms with Gasteiger partial charge >= 0.3 is 0 Å². The Morgan fingerprint density at radius 2 is 2.22 bits per heavy atom. The summed E-state index contributed by atoms with van der Waals surface area (Å²) in [6, 6.07) is 5.64. The smallest absolute Gasteiger partial charge is 0.237 e. The summed E-state index contributed by atoms with van der Waals surface area (Å²) in [5.41, 5.74) is 1.22. The molecule has 1 saturated heterocycles. The van der Waals surface area contributed by atoms with Crippen molar-refractivity contribution in [3.05, 3.63) is 41.8 Å². The molecule has 170 valence electrons. The first-order chi connectivity index (χ1) is 15.5. The molecule has 0 aliphatic carbocycles. The zero-order chi connectivity index (χ0) is 22.8. The highest BCUT2D eigenvalue weighted by atomic mass is 19.1. The highest BCUT2D eigenvalue weighted by Crippen LogP contribution is 2.18. The molecule has 9 heteroatoms. The molecule has 0 bridgehead atoms. The molecule has 0 unspecified atom stereocenters. The van der Waals surface area contributed by atoms with Crippen LogP contribution in [0.15, 0.2) is 30.5 Å². The van der Waals surface area contributed by atoms with E-state index in [1.54, 1.807) is 18.3 Å². The number of nitrogens with one attached hydrogen (secondary N) is 4. The maximum atomic E-state index is 13.4. The molecule has 0 saturated carbocycles. The standard InChI is InChI=1S/C23H28F2N6O/c1-2-10-26-21-16(14-29-23(31-21)30-19-9-6-8-17(24)12-19)7-4-3-5-11-27-22(32)20-13-18(25)15-28-20/h6,8-9,12,14,18,20,28H,2-3,5,10-11,13,15H2,1H3,(H,27,32)(H2,26,29,30,31)/t18-,20-/m0/s1. The van der Waals surface area contributed by atoms with Gasteiger partial charge in [-0.05, 0) is 31.0 Å². The van der Waals surface area contributed by atoms with Gasteiger partial charge in [0.05, 0.1) is 17.8 Å². The molecule has 1 amide bonds. The lowest BCUT2D eigenvalue weighted by Crippen LogP contribution is -2.40. The van der Waals surface area contributed by atoms with Crippen LogP contribution in [0.5, 0.6) is 0 Å². The predicted molar refractivity (Wildman–Crippen MR) is 121 cm³/mol. The third-order valence-corrected chi connectivity index (χ3v) is 4.81. The zero-order valence-electron chi connectivity index (χ0n) is 18.0. The van der Waals surface area contributed by atoms with Gasteiger partial charge in [0.2, 0.25) is 11.9 Å². The van der Waals surface area contributed by atoms with E-state index < -0.39 is 12.2 Å². The number of anilines is 3. The van der Waals surface area contributed by atoms with Crippen molar-refractivity contribution in [3.8, 4) is 11.8 Å². The van der Waals surface area contributed by atoms with Crippen molar-refractivity contribution in [2.45, 2.75) is 44.8 Å². The van der Waals surface area contributed by atoms with E-state index in [4.69, 9.17) is 0 Å². The summed E-state index contributed by atoms with van der Waals surface area (Å²) in [7, 11) is 0. The molecule has 2 heterocycles. The molecule has 2 aromatic rings. The van der Waals surface area contributed by atoms with Crippen LogP contribution >= 0.6 is 0 Å². The Bertz CT molecular complexity index is 974. The second kappa shape index (κ2) is 12.0. The Kier molecular flexibility index (Phi) is 8.75. The Morgan fingerprint density at radius 1 is 1.34 bits per heavy atom. The number of halogens is 2. The maximum absolute atomic E-state index is 13.4. The number of nitrogens with zero attached hydrogens (tertiary/aromatic N) is 2. The number of alkyl halides is 1. The number of aromatic nitrogens is 2. The van der Waals surface area contributed by atoms with Gasteiger partial charge in [-0.2, -0.15) is 4.98 Å². The first-order valence-corrected chi connectivity index (χ1v) is 10.8. The molecule has 3 rings (SSSR count). The molecule has 1 aromatic heterocycles. The van der Waals surface area contributed by atoms with Crippen molar-refractivity contribution in [3.63, 3.8) is 0 Å². The summed E-state index contributed by atoms with van der Waals surface area (Å²) < 4.78 is 26.5. The Hall–Kier alpha value is -3.25. The Labute approximate surface area is 186 Å². The molecule has 4 N–H and O–H groups in total. The SMILES string of the molecule is CCCNc1nc(Nc2cccc(F)c2)ncc1C#CCCCNC(=O)[C@@H]1C[C@H](F)CN1. The van der Waals surface area contributed by atoms with Gasteiger partial charge in [-0.15, -0.1) is 0 Å². The van der Waals surface area contributed by atoms with Crippen LogP contribution in [0.2, 0.25) is 0 Å². The molecular weight excluding hydrogens is 414 g/mol. The number of hydrogen-bond donors (Lipinski definition) is 4. The van der Waals surface area contributed by atoms with Crippen LogP contribution in [-0.2, 0) is 4.79 Å². The lowest BCUT2D eigenvalue weighted by atomic mass is 10.2. The lowest BCUT2D eigenvalue weighted by Gasteiger charge is -2.10. The molecule has 1 aromatic carbocycles. The van der Waals surface area contributed by atoms with E-state index in [1.165, 1.54) is 12.1 Å². The Morgan fingerprint density at radius 3 is 2.97 bits per heavy atom. The number of carbonyl (C=O) groups excluding carboxylic acids is 1. The first-order valence-electron chi connectivity index (χ1n) is 10.8. The maximum Gasteiger partial charge on any atom is 0.237 e. The van der Waals surface area contributed by atoms with Gasteiger partial charge in [-0.1, -0.05) is 24.8 Å². The van der Waals surface area contributed by atoms with Crippen molar-refractivity contribution in [2.24, 2.45) is 0 Å². The third-order valence-electron chi connectivity index (χ3n) is 4.81. The summed E-state index contributed by atoms with van der Waals surface area (Å²) in [5, 5.41) is 11.9. The van der Waals surface area contributed by atoms with Gasteiger partial charge in [-0.25, -0.2) is 13.8 Å². The van der Waals surface area contributed by atoms with Crippen molar-refractivity contribution < 1.29 is 13.6 Å². The van der Waals surface area contributed by atoms with Crippen molar-refractivity contribution in [1.82, 2.24) is 20.6 Å². The molecular formula is C23H28F2N6O. The quantitative estimate of drug-likeness (QED) is 0.352. The largest absolute Gasteiger partial charge is 0.369 e. The van der Waals surface area contributed by atoms with E-state index in [0.29, 0.717) is 42.4 Å². The summed E-state index contributed by atoms with van der Waals surface area (Å²) in [6.45, 7) is 3.49. The van der Waals surface area contributed by atoms with Crippen molar-refractivity contribution in [2.75, 3.05) is 30.3 Å². The van der Waals surface area contributed by atoms with E-state index in [-0.39, 0.29) is 24.7 Å². The fraction of sp³-hybridized carbons (Fsp3) is 0.435. The van der Waals surface area contributed by atoms with Gasteiger partial charge in [-0.3, -0.25) is 4.79 Å². The monoisotopic (exact) mass is 442 g/mol. The van der Waals surface area contributed by atoms with E-state index in [2.05, 4.69) is 50.0 Å². The minimum absolute atomic E-state index is 0.168. The lowest BCUT2D eigenvalue weighted by molar-refractivity contribution is -0.122. The summed E-state index contributed by atoms with van der Waals surface area (Å²) >= 11 is 0. The van der Waals surface area contributed by atoms with Crippen LogP contribution in [0.1, 0.15) is 38.2 Å². The van der Waals surface area contributed by atoms with E-state index in [1.807, 2.05) is 0 Å². The zero-order valence-corrected chi connectivity index (χ0v) is 18.0. The molecule has 0 spiro atoms. The molecule has 1 aliphatic heterocycles. The number of hydrogen-bond acceptors (Lipinski definition) is 6. The second-order valence-electron chi connectivity index (χ2n) is 7.51. The van der Waals surface area contributed by atoms with Crippen molar-refractivity contribution >= 4 is 23.4 Å². The number of amides is 1. The normalized spacial score (nSPS) is 17.3. The average molecular weight is 443 g/mol. The van der Waals surface area contributed by atoms with Crippen molar-refractivity contribution in [1.29, 1.82) is 0 Å². The van der Waals surface area contributed by atoms with E-state index in [9.17, 15) is 13.6 Å². The van der Waals surface area contributed by atoms with Crippen LogP contribution in [0.3, 0.4) is 0 Å². The highest BCUT2D eigenvalue weighted by molar-refractivity contribution is 5.82. The Balaban J connectivity index is 1.53. The molecule has 1 aliphatic rings. The molecule has 7 nitrogen and oxygen atoms in total. The van der Waals surface area contributed by atoms with Gasteiger partial charge < -0.3 is 21.3 Å². The van der Waals surface area contributed by atoms with E-state index >= 15 is 0 Å². The summed E-state index contributed by atoms with van der Waals surface area (Å²) in [5.74, 6) is 6.59. The van der Waals surface area contributed by atoms with Gasteiger partial charge in [0.25, 0.3) is 0 Å². The molecule has 32 heavy (non-hydrogen) atoms. The number of rotatable bonds is 9. The average Bonchev–Trinajstić information content (AvgIpc) is 3.22. The second-order valence-corrected chi connectivity index (χ2v) is 7.51. The predicted octanol–water partition coefficient (Wildman–Crippen LogP) is 3.13. The number of carbonyl (C=O) groups is 1. The summed E-state index contributed by atoms with van der Waals surface area (Å²) in [4.78, 5) is 20.7. The summed E-state index contributed by atoms with van der Waals surface area (Å²) in [6.07, 6.45) is 3.08. The van der Waals surface area contributed by atoms with Crippen LogP contribution in [0.4, 0.5) is 26.2 Å². The molecule has 1 fully saturated rings. The minimum Gasteiger partial charge on any atom is -0.369 e. The molecule has 0 radical (unpaired) electrons. The number of benzene rings is 1. The molecule has 2 atom stereocenters. The first kappa shape index (κ1) is 23.4. The fourth-order valence-corrected chi connectivity index (χ4v) is 3.17. The van der Waals surface area contributed by atoms with Crippen LogP contribution in [0.25, 0.3) is 0 Å². The highest BCUT2D eigenvalue weighted by Gasteiger charge is 2.28. The van der Waals surface area contributed by atoms with Crippen LogP contribution < -0.4 is 21.3 Å². The van der Waals surface area contributed by atoms with Crippen LogP contribution in [-0.4, -0.2) is 47.7 Å². The van der Waals surface area contributed by atoms with Gasteiger partial charge in [0.15, 0.2) is 0 Å². The minimum atomic E-state index is -0.954. The van der Waals surface area contributed by atoms with E-state index in [0.717, 1.165) is 13.0 Å².